The summed E-state index contributed by atoms with van der Waals surface area (Å²) in [6.45, 7) is 1.55. The third-order valence-corrected chi connectivity index (χ3v) is 5.93. The lowest BCUT2D eigenvalue weighted by Crippen LogP contribution is -2.27. The molecule has 1 amide bonds. The van der Waals surface area contributed by atoms with Gasteiger partial charge in [-0.05, 0) is 19.8 Å². The lowest BCUT2D eigenvalue weighted by molar-refractivity contribution is -0.122. The minimum absolute atomic E-state index is 0.0110. The van der Waals surface area contributed by atoms with E-state index in [1.807, 2.05) is 0 Å². The molecule has 0 spiro atoms. The van der Waals surface area contributed by atoms with Crippen LogP contribution in [0.1, 0.15) is 25.0 Å². The van der Waals surface area contributed by atoms with Gasteiger partial charge in [-0.25, -0.2) is 13.4 Å². The van der Waals surface area contributed by atoms with Crippen LogP contribution in [0.5, 0.6) is 0 Å². The molecule has 1 saturated carbocycles. The highest BCUT2D eigenvalue weighted by molar-refractivity contribution is 8.15. The topological polar surface area (TPSA) is 76.1 Å². The van der Waals surface area contributed by atoms with E-state index in [2.05, 4.69) is 10.3 Å². The third kappa shape index (κ3) is 2.78. The molecule has 0 radical (unpaired) electrons. The van der Waals surface area contributed by atoms with Crippen LogP contribution in [0, 0.1) is 12.8 Å². The summed E-state index contributed by atoms with van der Waals surface area (Å²) in [6, 6.07) is 0. The maximum Gasteiger partial charge on any atom is 0.272 e. The molecule has 8 heteroatoms. The van der Waals surface area contributed by atoms with Crippen molar-refractivity contribution in [2.45, 2.75) is 30.4 Å². The molecule has 0 atom stereocenters. The van der Waals surface area contributed by atoms with Crippen LogP contribution in [0.15, 0.2) is 4.21 Å². The third-order valence-electron chi connectivity index (χ3n) is 2.68. The van der Waals surface area contributed by atoms with Crippen molar-refractivity contribution in [3.63, 3.8) is 0 Å². The number of anilines is 1. The summed E-state index contributed by atoms with van der Waals surface area (Å²) in [6.07, 6.45) is 2.84. The van der Waals surface area contributed by atoms with Crippen LogP contribution >= 0.6 is 22.0 Å². The highest BCUT2D eigenvalue weighted by Crippen LogP contribution is 2.32. The first-order valence-electron chi connectivity index (χ1n) is 5.11. The maximum absolute atomic E-state index is 11.6. The fourth-order valence-corrected chi connectivity index (χ4v) is 3.90. The average molecular weight is 295 g/mol. The highest BCUT2D eigenvalue weighted by Gasteiger charge is 2.27. The fourth-order valence-electron chi connectivity index (χ4n) is 1.54. The lowest BCUT2D eigenvalue weighted by atomic mass is 9.85. The minimum Gasteiger partial charge on any atom is -0.302 e. The molecule has 0 saturated heterocycles. The number of thiazole rings is 1. The van der Waals surface area contributed by atoms with Gasteiger partial charge in [-0.1, -0.05) is 17.8 Å². The molecule has 1 fully saturated rings. The van der Waals surface area contributed by atoms with Gasteiger partial charge in [0.05, 0.1) is 5.69 Å². The summed E-state index contributed by atoms with van der Waals surface area (Å²) in [5, 5.41) is 2.91. The first-order chi connectivity index (χ1) is 7.88. The van der Waals surface area contributed by atoms with E-state index >= 15 is 0 Å². The van der Waals surface area contributed by atoms with Gasteiger partial charge < -0.3 is 5.32 Å². The van der Waals surface area contributed by atoms with Crippen LogP contribution in [-0.2, 0) is 13.8 Å². The SMILES string of the molecule is Cc1nc(NC(=O)C2CCC2)sc1S(=O)(=O)Cl. The zero-order valence-corrected chi connectivity index (χ0v) is 11.5. The van der Waals surface area contributed by atoms with Crippen molar-refractivity contribution < 1.29 is 13.2 Å². The van der Waals surface area contributed by atoms with Gasteiger partial charge >= 0.3 is 0 Å². The predicted octanol–water partition coefficient (Wildman–Crippen LogP) is 2.12. The van der Waals surface area contributed by atoms with Crippen molar-refractivity contribution in [1.82, 2.24) is 4.98 Å². The number of aryl methyl sites for hydroxylation is 1. The second-order valence-corrected chi connectivity index (χ2v) is 7.71. The quantitative estimate of drug-likeness (QED) is 0.866. The van der Waals surface area contributed by atoms with E-state index in [0.29, 0.717) is 10.8 Å². The van der Waals surface area contributed by atoms with E-state index in [1.165, 1.54) is 0 Å². The first kappa shape index (κ1) is 12.8. The molecule has 1 aromatic heterocycles. The monoisotopic (exact) mass is 294 g/mol. The van der Waals surface area contributed by atoms with Gasteiger partial charge in [0.1, 0.15) is 0 Å². The highest BCUT2D eigenvalue weighted by atomic mass is 35.7. The molecule has 0 bridgehead atoms. The van der Waals surface area contributed by atoms with Crippen LogP contribution in [0.3, 0.4) is 0 Å². The molecular weight excluding hydrogens is 284 g/mol. The number of amides is 1. The Kier molecular flexibility index (Phi) is 3.42. The van der Waals surface area contributed by atoms with E-state index in [-0.39, 0.29) is 16.0 Å². The van der Waals surface area contributed by atoms with Crippen molar-refractivity contribution in [3.05, 3.63) is 5.69 Å². The molecule has 1 aliphatic rings. The summed E-state index contributed by atoms with van der Waals surface area (Å²) in [4.78, 5) is 15.6. The van der Waals surface area contributed by atoms with Crippen molar-refractivity contribution in [2.24, 2.45) is 5.92 Å². The summed E-state index contributed by atoms with van der Waals surface area (Å²) in [5.74, 6) is -0.0567. The van der Waals surface area contributed by atoms with E-state index in [0.717, 1.165) is 30.6 Å². The summed E-state index contributed by atoms with van der Waals surface area (Å²) < 4.78 is 22.3. The van der Waals surface area contributed by atoms with Crippen LogP contribution in [0.2, 0.25) is 0 Å². The Morgan fingerprint density at radius 1 is 1.53 bits per heavy atom. The molecule has 1 aliphatic carbocycles. The number of carbonyl (C=O) groups is 1. The molecule has 17 heavy (non-hydrogen) atoms. The number of nitrogens with one attached hydrogen (secondary N) is 1. The number of hydrogen-bond acceptors (Lipinski definition) is 5. The van der Waals surface area contributed by atoms with Gasteiger partial charge in [0.25, 0.3) is 9.05 Å². The largest absolute Gasteiger partial charge is 0.302 e. The number of halogens is 1. The number of carbonyl (C=O) groups excluding carboxylic acids is 1. The molecule has 1 N–H and O–H groups in total. The van der Waals surface area contributed by atoms with Gasteiger partial charge in [0.2, 0.25) is 5.91 Å². The van der Waals surface area contributed by atoms with Crippen molar-refractivity contribution in [3.8, 4) is 0 Å². The minimum atomic E-state index is -3.78. The smallest absolute Gasteiger partial charge is 0.272 e. The van der Waals surface area contributed by atoms with Crippen LogP contribution in [0.4, 0.5) is 5.13 Å². The van der Waals surface area contributed by atoms with Crippen molar-refractivity contribution in [1.29, 1.82) is 0 Å². The Balaban J connectivity index is 2.15. The molecule has 1 aromatic rings. The van der Waals surface area contributed by atoms with E-state index < -0.39 is 9.05 Å². The number of rotatable bonds is 3. The fraction of sp³-hybridized carbons (Fsp3) is 0.556. The summed E-state index contributed by atoms with van der Waals surface area (Å²) in [7, 11) is 1.46. The molecular formula is C9H11ClN2O3S2. The van der Waals surface area contributed by atoms with Crippen LogP contribution < -0.4 is 5.32 Å². The zero-order valence-electron chi connectivity index (χ0n) is 9.07. The maximum atomic E-state index is 11.6. The predicted molar refractivity (Wildman–Crippen MR) is 65.9 cm³/mol. The molecule has 0 aliphatic heterocycles. The van der Waals surface area contributed by atoms with Gasteiger partial charge in [-0.2, -0.15) is 0 Å². The average Bonchev–Trinajstić information content (AvgIpc) is 2.41. The van der Waals surface area contributed by atoms with E-state index in [9.17, 15) is 13.2 Å². The molecule has 0 aromatic carbocycles. The molecule has 5 nitrogen and oxygen atoms in total. The molecule has 2 rings (SSSR count). The second kappa shape index (κ2) is 4.55. The first-order valence-corrected chi connectivity index (χ1v) is 8.23. The normalized spacial score (nSPS) is 16.6. The standard InChI is InChI=1S/C9H11ClN2O3S2/c1-5-8(17(10,14)15)16-9(11-5)12-7(13)6-3-2-4-6/h6H,2-4H2,1H3,(H,11,12,13). The van der Waals surface area contributed by atoms with Crippen molar-refractivity contribution >= 4 is 42.1 Å². The Labute approximate surface area is 108 Å². The van der Waals surface area contributed by atoms with Gasteiger partial charge in [0.15, 0.2) is 9.34 Å². The van der Waals surface area contributed by atoms with Gasteiger partial charge in [0, 0.05) is 16.6 Å². The molecule has 0 unspecified atom stereocenters. The number of hydrogen-bond donors (Lipinski definition) is 1. The van der Waals surface area contributed by atoms with Gasteiger partial charge in [-0.3, -0.25) is 4.79 Å². The van der Waals surface area contributed by atoms with E-state index in [1.54, 1.807) is 6.92 Å². The Morgan fingerprint density at radius 3 is 2.59 bits per heavy atom. The zero-order chi connectivity index (χ0) is 12.6. The van der Waals surface area contributed by atoms with Gasteiger partial charge in [-0.15, -0.1) is 0 Å². The van der Waals surface area contributed by atoms with Crippen molar-refractivity contribution in [2.75, 3.05) is 5.32 Å². The molecule has 94 valence electrons. The van der Waals surface area contributed by atoms with Crippen LogP contribution in [-0.4, -0.2) is 19.3 Å². The summed E-state index contributed by atoms with van der Waals surface area (Å²) >= 11 is 0.884. The number of aromatic nitrogens is 1. The Hall–Kier alpha value is -0.660. The number of nitrogens with zero attached hydrogens (tertiary/aromatic N) is 1. The Bertz CT molecular complexity index is 549. The summed E-state index contributed by atoms with van der Waals surface area (Å²) in [5.41, 5.74) is 0.314. The van der Waals surface area contributed by atoms with Crippen LogP contribution in [0.25, 0.3) is 0 Å². The van der Waals surface area contributed by atoms with E-state index in [4.69, 9.17) is 10.7 Å². The molecule has 1 heterocycles. The Morgan fingerprint density at radius 2 is 2.18 bits per heavy atom. The second-order valence-electron chi connectivity index (χ2n) is 3.95. The lowest BCUT2D eigenvalue weighted by Gasteiger charge is -2.23.